The lowest BCUT2D eigenvalue weighted by Crippen LogP contribution is -2.11. The molecule has 1 aromatic heterocycles. The Labute approximate surface area is 84.1 Å². The number of rotatable bonds is 1. The number of hydrogen-bond acceptors (Lipinski definition) is 1. The van der Waals surface area contributed by atoms with Crippen molar-refractivity contribution in [3.63, 3.8) is 0 Å². The highest BCUT2D eigenvalue weighted by Crippen LogP contribution is 2.23. The second-order valence-electron chi connectivity index (χ2n) is 3.47. The van der Waals surface area contributed by atoms with Crippen molar-refractivity contribution in [2.24, 2.45) is 0 Å². The van der Waals surface area contributed by atoms with E-state index in [9.17, 15) is 13.2 Å². The molecule has 0 aliphatic heterocycles. The number of benzene rings is 1. The molecule has 2 aromatic rings. The lowest BCUT2D eigenvalue weighted by Gasteiger charge is -2.05. The lowest BCUT2D eigenvalue weighted by molar-refractivity contribution is -0.127. The fraction of sp³-hybridized carbons (Fsp3) is 0.300. The number of hydrogen-bond donors (Lipinski definition) is 1. The van der Waals surface area contributed by atoms with Gasteiger partial charge in [0.25, 0.3) is 0 Å². The molecule has 0 unspecified atom stereocenters. The molecule has 2 rings (SSSR count). The summed E-state index contributed by atoms with van der Waals surface area (Å²) in [6.07, 6.45) is -5.07. The number of H-pyrrole nitrogens is 1. The maximum atomic E-state index is 12.1. The minimum atomic E-state index is -4.16. The van der Waals surface area contributed by atoms with Gasteiger partial charge < -0.3 is 4.98 Å². The SMILES string of the molecule is Cc1nc2ccc(CC(F)(F)F)cc2[nH]1. The molecule has 15 heavy (non-hydrogen) atoms. The summed E-state index contributed by atoms with van der Waals surface area (Å²) in [6, 6.07) is 4.54. The van der Waals surface area contributed by atoms with Gasteiger partial charge in [-0.15, -0.1) is 0 Å². The van der Waals surface area contributed by atoms with Gasteiger partial charge in [0.1, 0.15) is 5.82 Å². The first-order chi connectivity index (χ1) is 6.94. The third-order valence-electron chi connectivity index (χ3n) is 2.07. The van der Waals surface area contributed by atoms with Gasteiger partial charge in [-0.2, -0.15) is 13.2 Å². The fourth-order valence-corrected chi connectivity index (χ4v) is 1.53. The number of halogens is 3. The van der Waals surface area contributed by atoms with E-state index < -0.39 is 12.6 Å². The van der Waals surface area contributed by atoms with Crippen LogP contribution in [0, 0.1) is 6.92 Å². The average molecular weight is 214 g/mol. The van der Waals surface area contributed by atoms with Gasteiger partial charge in [0.15, 0.2) is 0 Å². The van der Waals surface area contributed by atoms with Crippen molar-refractivity contribution in [1.82, 2.24) is 9.97 Å². The van der Waals surface area contributed by atoms with E-state index in [0.717, 1.165) is 0 Å². The summed E-state index contributed by atoms with van der Waals surface area (Å²) in [5.74, 6) is 0.703. The van der Waals surface area contributed by atoms with Gasteiger partial charge in [-0.05, 0) is 24.6 Å². The van der Waals surface area contributed by atoms with E-state index in [0.29, 0.717) is 16.9 Å². The molecule has 0 radical (unpaired) electrons. The number of aromatic nitrogens is 2. The molecule has 1 N–H and O–H groups in total. The highest BCUT2D eigenvalue weighted by atomic mass is 19.4. The monoisotopic (exact) mass is 214 g/mol. The van der Waals surface area contributed by atoms with Crippen LogP contribution in [0.15, 0.2) is 18.2 Å². The molecule has 5 heteroatoms. The zero-order chi connectivity index (χ0) is 11.1. The third-order valence-corrected chi connectivity index (χ3v) is 2.07. The van der Waals surface area contributed by atoms with E-state index in [4.69, 9.17) is 0 Å². The quantitative estimate of drug-likeness (QED) is 0.776. The normalized spacial score (nSPS) is 12.3. The molecule has 80 valence electrons. The average Bonchev–Trinajstić information content (AvgIpc) is 2.40. The molecule has 0 aliphatic rings. The van der Waals surface area contributed by atoms with Crippen LogP contribution in [0.2, 0.25) is 0 Å². The first-order valence-corrected chi connectivity index (χ1v) is 4.46. The molecule has 0 fully saturated rings. The van der Waals surface area contributed by atoms with Crippen molar-refractivity contribution < 1.29 is 13.2 Å². The Morgan fingerprint density at radius 3 is 2.73 bits per heavy atom. The van der Waals surface area contributed by atoms with Gasteiger partial charge in [0, 0.05) is 0 Å². The van der Waals surface area contributed by atoms with Gasteiger partial charge in [-0.3, -0.25) is 0 Å². The molecule has 0 spiro atoms. The van der Waals surface area contributed by atoms with Crippen LogP contribution < -0.4 is 0 Å². The van der Waals surface area contributed by atoms with Gasteiger partial charge in [-0.25, -0.2) is 4.98 Å². The van der Waals surface area contributed by atoms with Crippen LogP contribution in [0.4, 0.5) is 13.2 Å². The summed E-state index contributed by atoms with van der Waals surface area (Å²) in [5, 5.41) is 0. The predicted octanol–water partition coefficient (Wildman–Crippen LogP) is 2.98. The molecule has 0 amide bonds. The molecule has 0 aliphatic carbocycles. The number of nitrogens with one attached hydrogen (secondary N) is 1. The molecular weight excluding hydrogens is 205 g/mol. The minimum absolute atomic E-state index is 0.249. The smallest absolute Gasteiger partial charge is 0.342 e. The summed E-state index contributed by atoms with van der Waals surface area (Å²) in [4.78, 5) is 7.02. The number of nitrogens with zero attached hydrogens (tertiary/aromatic N) is 1. The van der Waals surface area contributed by atoms with Crippen molar-refractivity contribution in [2.75, 3.05) is 0 Å². The van der Waals surface area contributed by atoms with Crippen molar-refractivity contribution in [3.8, 4) is 0 Å². The zero-order valence-electron chi connectivity index (χ0n) is 8.02. The third kappa shape index (κ3) is 2.29. The topological polar surface area (TPSA) is 28.7 Å². The second-order valence-corrected chi connectivity index (χ2v) is 3.47. The maximum Gasteiger partial charge on any atom is 0.393 e. The minimum Gasteiger partial charge on any atom is -0.342 e. The van der Waals surface area contributed by atoms with Gasteiger partial charge in [-0.1, -0.05) is 6.07 Å². The Balaban J connectivity index is 2.38. The standard InChI is InChI=1S/C10H9F3N2/c1-6-14-8-3-2-7(4-9(8)15-6)5-10(11,12)13/h2-4H,5H2,1H3,(H,14,15). The number of alkyl halides is 3. The van der Waals surface area contributed by atoms with E-state index in [1.165, 1.54) is 12.1 Å². The summed E-state index contributed by atoms with van der Waals surface area (Å²) in [7, 11) is 0. The Morgan fingerprint density at radius 2 is 2.07 bits per heavy atom. The molecular formula is C10H9F3N2. The van der Waals surface area contributed by atoms with Crippen LogP contribution in [-0.4, -0.2) is 16.1 Å². The number of aromatic amines is 1. The molecule has 2 nitrogen and oxygen atoms in total. The number of imidazole rings is 1. The lowest BCUT2D eigenvalue weighted by atomic mass is 10.1. The Morgan fingerprint density at radius 1 is 1.33 bits per heavy atom. The molecule has 1 aromatic carbocycles. The van der Waals surface area contributed by atoms with Crippen molar-refractivity contribution in [3.05, 3.63) is 29.6 Å². The van der Waals surface area contributed by atoms with Crippen LogP contribution in [0.3, 0.4) is 0 Å². The molecule has 0 saturated carbocycles. The van der Waals surface area contributed by atoms with Crippen LogP contribution in [-0.2, 0) is 6.42 Å². The first-order valence-electron chi connectivity index (χ1n) is 4.46. The first kappa shape index (κ1) is 10.0. The van der Waals surface area contributed by atoms with Crippen LogP contribution in [0.1, 0.15) is 11.4 Å². The second kappa shape index (κ2) is 3.25. The van der Waals surface area contributed by atoms with E-state index >= 15 is 0 Å². The van der Waals surface area contributed by atoms with Gasteiger partial charge in [0.05, 0.1) is 17.5 Å². The van der Waals surface area contributed by atoms with Crippen LogP contribution >= 0.6 is 0 Å². The largest absolute Gasteiger partial charge is 0.393 e. The summed E-state index contributed by atoms with van der Waals surface area (Å²) in [5.41, 5.74) is 1.59. The van der Waals surface area contributed by atoms with E-state index in [1.807, 2.05) is 0 Å². The molecule has 0 bridgehead atoms. The van der Waals surface area contributed by atoms with Gasteiger partial charge >= 0.3 is 6.18 Å². The Kier molecular flexibility index (Phi) is 2.17. The molecule has 1 heterocycles. The Bertz CT molecular complexity index is 485. The molecule has 0 saturated heterocycles. The fourth-order valence-electron chi connectivity index (χ4n) is 1.53. The maximum absolute atomic E-state index is 12.1. The van der Waals surface area contributed by atoms with Crippen molar-refractivity contribution >= 4 is 11.0 Å². The summed E-state index contributed by atoms with van der Waals surface area (Å²) in [6.45, 7) is 1.77. The highest BCUT2D eigenvalue weighted by Gasteiger charge is 2.27. The van der Waals surface area contributed by atoms with E-state index in [2.05, 4.69) is 9.97 Å². The Hall–Kier alpha value is -1.52. The van der Waals surface area contributed by atoms with E-state index in [-0.39, 0.29) is 5.56 Å². The number of aryl methyl sites for hydroxylation is 1. The van der Waals surface area contributed by atoms with E-state index in [1.54, 1.807) is 13.0 Å². The van der Waals surface area contributed by atoms with Gasteiger partial charge in [0.2, 0.25) is 0 Å². The van der Waals surface area contributed by atoms with Crippen LogP contribution in [0.5, 0.6) is 0 Å². The molecule has 0 atom stereocenters. The van der Waals surface area contributed by atoms with Crippen molar-refractivity contribution in [2.45, 2.75) is 19.5 Å². The van der Waals surface area contributed by atoms with Crippen molar-refractivity contribution in [1.29, 1.82) is 0 Å². The highest BCUT2D eigenvalue weighted by molar-refractivity contribution is 5.75. The summed E-state index contributed by atoms with van der Waals surface area (Å²) < 4.78 is 36.4. The zero-order valence-corrected chi connectivity index (χ0v) is 8.02. The summed E-state index contributed by atoms with van der Waals surface area (Å²) >= 11 is 0. The predicted molar refractivity (Wildman–Crippen MR) is 50.6 cm³/mol. The number of fused-ring (bicyclic) bond motifs is 1. The van der Waals surface area contributed by atoms with Crippen LogP contribution in [0.25, 0.3) is 11.0 Å².